The van der Waals surface area contributed by atoms with Crippen molar-refractivity contribution < 1.29 is 19.0 Å². The highest BCUT2D eigenvalue weighted by Gasteiger charge is 2.21. The van der Waals surface area contributed by atoms with Gasteiger partial charge in [0, 0.05) is 22.9 Å². The van der Waals surface area contributed by atoms with Crippen molar-refractivity contribution in [1.29, 1.82) is 0 Å². The minimum absolute atomic E-state index is 0.228. The average molecular weight is 450 g/mol. The number of ether oxygens (including phenoxy) is 1. The van der Waals surface area contributed by atoms with Gasteiger partial charge in [0.1, 0.15) is 28.9 Å². The number of nitrogens with one attached hydrogen (secondary N) is 1. The summed E-state index contributed by atoms with van der Waals surface area (Å²) in [7, 11) is 0. The molecule has 0 saturated carbocycles. The van der Waals surface area contributed by atoms with Gasteiger partial charge in [0.05, 0.1) is 12.0 Å². The van der Waals surface area contributed by atoms with Gasteiger partial charge in [-0.15, -0.1) is 11.3 Å². The van der Waals surface area contributed by atoms with Gasteiger partial charge < -0.3 is 15.2 Å². The van der Waals surface area contributed by atoms with Gasteiger partial charge in [0.25, 0.3) is 0 Å². The maximum Gasteiger partial charge on any atom is 0.329 e. The first kappa shape index (κ1) is 21.0. The lowest BCUT2D eigenvalue weighted by atomic mass is 9.97. The number of aliphatic carboxylic acids is 1. The van der Waals surface area contributed by atoms with Gasteiger partial charge in [-0.05, 0) is 48.9 Å². The van der Waals surface area contributed by atoms with Gasteiger partial charge in [-0.3, -0.25) is 0 Å². The Labute approximate surface area is 182 Å². The number of carboxylic acid groups (broad SMARTS) is 1. The molecule has 0 bridgehead atoms. The number of carbonyl (C=O) groups is 1. The molecule has 0 amide bonds. The van der Waals surface area contributed by atoms with Crippen LogP contribution >= 0.6 is 22.9 Å². The van der Waals surface area contributed by atoms with Crippen LogP contribution in [0.3, 0.4) is 0 Å². The van der Waals surface area contributed by atoms with Crippen molar-refractivity contribution in [3.05, 3.63) is 50.9 Å². The number of aromatic nitrogens is 2. The summed E-state index contributed by atoms with van der Waals surface area (Å²) in [6.07, 6.45) is 4.80. The molecule has 2 heterocycles. The molecule has 6 nitrogen and oxygen atoms in total. The van der Waals surface area contributed by atoms with Crippen molar-refractivity contribution >= 4 is 44.9 Å². The zero-order chi connectivity index (χ0) is 21.1. The number of hydrogen-bond donors (Lipinski definition) is 2. The highest BCUT2D eigenvalue weighted by molar-refractivity contribution is 7.19. The van der Waals surface area contributed by atoms with E-state index in [9.17, 15) is 9.18 Å². The van der Waals surface area contributed by atoms with Gasteiger partial charge in [0.15, 0.2) is 0 Å². The van der Waals surface area contributed by atoms with Crippen molar-refractivity contribution in [1.82, 2.24) is 9.97 Å². The van der Waals surface area contributed by atoms with Crippen LogP contribution in [0.1, 0.15) is 34.7 Å². The first-order valence-electron chi connectivity index (χ1n) is 9.80. The highest BCUT2D eigenvalue weighted by atomic mass is 35.5. The molecule has 4 rings (SSSR count). The fourth-order valence-corrected chi connectivity index (χ4v) is 5.12. The Hall–Kier alpha value is -2.29. The van der Waals surface area contributed by atoms with Crippen LogP contribution < -0.4 is 5.32 Å². The first-order valence-corrected chi connectivity index (χ1v) is 11.0. The topological polar surface area (TPSA) is 84.3 Å². The second-order valence-corrected chi connectivity index (χ2v) is 8.66. The van der Waals surface area contributed by atoms with Crippen molar-refractivity contribution in [2.45, 2.75) is 38.6 Å². The standard InChI is InChI=1S/C21H21ClFN3O3S/c22-15-9-13(23)6-5-12(15)10-24-20-19-14-3-1-2-4-16(14)30-21(19)26-17(25-20)7-8-29-11-18(27)28/h5-6,9H,1-4,7-8,10-11H2,(H,27,28)(H,24,25,26). The summed E-state index contributed by atoms with van der Waals surface area (Å²) >= 11 is 7.87. The van der Waals surface area contributed by atoms with Gasteiger partial charge in [-0.1, -0.05) is 17.7 Å². The molecule has 1 aliphatic carbocycles. The molecule has 0 saturated heterocycles. The van der Waals surface area contributed by atoms with Crippen LogP contribution in [0.5, 0.6) is 0 Å². The molecular formula is C21H21ClFN3O3S. The van der Waals surface area contributed by atoms with E-state index >= 15 is 0 Å². The second kappa shape index (κ2) is 9.24. The van der Waals surface area contributed by atoms with E-state index in [0.717, 1.165) is 40.9 Å². The number of halogens is 2. The van der Waals surface area contributed by atoms with Crippen LogP contribution in [-0.4, -0.2) is 34.3 Å². The lowest BCUT2D eigenvalue weighted by molar-refractivity contribution is -0.142. The van der Waals surface area contributed by atoms with E-state index in [1.807, 2.05) is 0 Å². The Morgan fingerprint density at radius 3 is 2.93 bits per heavy atom. The molecule has 0 unspecified atom stereocenters. The van der Waals surface area contributed by atoms with Gasteiger partial charge in [0.2, 0.25) is 0 Å². The van der Waals surface area contributed by atoms with Gasteiger partial charge in [-0.25, -0.2) is 19.2 Å². The van der Waals surface area contributed by atoms with Gasteiger partial charge in [-0.2, -0.15) is 0 Å². The Morgan fingerprint density at radius 1 is 1.30 bits per heavy atom. The average Bonchev–Trinajstić information content (AvgIpc) is 3.09. The van der Waals surface area contributed by atoms with Gasteiger partial charge >= 0.3 is 5.97 Å². The molecule has 0 spiro atoms. The molecule has 30 heavy (non-hydrogen) atoms. The van der Waals surface area contributed by atoms with Crippen molar-refractivity contribution in [2.75, 3.05) is 18.5 Å². The zero-order valence-electron chi connectivity index (χ0n) is 16.2. The van der Waals surface area contributed by atoms with E-state index in [0.29, 0.717) is 23.8 Å². The van der Waals surface area contributed by atoms with E-state index in [1.54, 1.807) is 17.4 Å². The quantitative estimate of drug-likeness (QED) is 0.488. The summed E-state index contributed by atoms with van der Waals surface area (Å²) in [5, 5.41) is 13.5. The van der Waals surface area contributed by atoms with E-state index in [-0.39, 0.29) is 19.0 Å². The number of nitrogens with zero attached hydrogens (tertiary/aromatic N) is 2. The minimum Gasteiger partial charge on any atom is -0.480 e. The number of thiophene rings is 1. The summed E-state index contributed by atoms with van der Waals surface area (Å²) in [6.45, 7) is 0.292. The fourth-order valence-electron chi connectivity index (χ4n) is 3.61. The van der Waals surface area contributed by atoms with Crippen LogP contribution in [0.2, 0.25) is 5.02 Å². The second-order valence-electron chi connectivity index (χ2n) is 7.17. The normalized spacial score (nSPS) is 13.4. The molecule has 158 valence electrons. The summed E-state index contributed by atoms with van der Waals surface area (Å²) in [6, 6.07) is 4.34. The Kier molecular flexibility index (Phi) is 6.46. The number of aryl methyl sites for hydroxylation is 2. The minimum atomic E-state index is -1.00. The zero-order valence-corrected chi connectivity index (χ0v) is 17.8. The summed E-state index contributed by atoms with van der Waals surface area (Å²) in [5.74, 6) is -0.0493. The van der Waals surface area contributed by atoms with Crippen molar-refractivity contribution in [3.63, 3.8) is 0 Å². The summed E-state index contributed by atoms with van der Waals surface area (Å²) in [5.41, 5.74) is 2.09. The predicted molar refractivity (Wildman–Crippen MR) is 115 cm³/mol. The number of rotatable bonds is 8. The van der Waals surface area contributed by atoms with E-state index in [2.05, 4.69) is 5.32 Å². The number of hydrogen-bond acceptors (Lipinski definition) is 6. The molecule has 0 atom stereocenters. The maximum absolute atomic E-state index is 13.3. The molecule has 3 aromatic rings. The van der Waals surface area contributed by atoms with Crippen LogP contribution in [0.15, 0.2) is 18.2 Å². The SMILES string of the molecule is O=C(O)COCCc1nc(NCc2ccc(F)cc2Cl)c2c3c(sc2n1)CCCC3. The third kappa shape index (κ3) is 4.71. The highest BCUT2D eigenvalue weighted by Crippen LogP contribution is 2.39. The molecule has 1 aliphatic rings. The Bertz CT molecular complexity index is 1090. The lowest BCUT2D eigenvalue weighted by Gasteiger charge is -2.14. The molecule has 0 radical (unpaired) electrons. The van der Waals surface area contributed by atoms with Crippen LogP contribution in [0, 0.1) is 5.82 Å². The molecule has 9 heteroatoms. The largest absolute Gasteiger partial charge is 0.480 e. The first-order chi connectivity index (χ1) is 14.5. The molecule has 0 aliphatic heterocycles. The smallest absolute Gasteiger partial charge is 0.329 e. The number of carboxylic acids is 1. The maximum atomic E-state index is 13.3. The number of anilines is 1. The Balaban J connectivity index is 1.62. The van der Waals surface area contributed by atoms with E-state index in [1.165, 1.54) is 29.0 Å². The lowest BCUT2D eigenvalue weighted by Crippen LogP contribution is -2.11. The van der Waals surface area contributed by atoms with Crippen LogP contribution in [-0.2, 0) is 35.3 Å². The van der Waals surface area contributed by atoms with Crippen LogP contribution in [0.25, 0.3) is 10.2 Å². The molecule has 1 aromatic carbocycles. The molecule has 0 fully saturated rings. The molecular weight excluding hydrogens is 429 g/mol. The van der Waals surface area contributed by atoms with Crippen molar-refractivity contribution in [2.24, 2.45) is 0 Å². The monoisotopic (exact) mass is 449 g/mol. The van der Waals surface area contributed by atoms with Crippen LogP contribution in [0.4, 0.5) is 10.2 Å². The fraction of sp³-hybridized carbons (Fsp3) is 0.381. The number of benzene rings is 1. The van der Waals surface area contributed by atoms with Crippen molar-refractivity contribution in [3.8, 4) is 0 Å². The number of fused-ring (bicyclic) bond motifs is 3. The molecule has 2 N–H and O–H groups in total. The summed E-state index contributed by atoms with van der Waals surface area (Å²) < 4.78 is 18.5. The molecule has 2 aromatic heterocycles. The summed E-state index contributed by atoms with van der Waals surface area (Å²) in [4.78, 5) is 22.3. The third-order valence-electron chi connectivity index (χ3n) is 5.02. The Morgan fingerprint density at radius 2 is 2.13 bits per heavy atom. The van der Waals surface area contributed by atoms with E-state index in [4.69, 9.17) is 31.4 Å². The predicted octanol–water partition coefficient (Wildman–Crippen LogP) is 4.62. The third-order valence-corrected chi connectivity index (χ3v) is 6.56. The van der Waals surface area contributed by atoms with E-state index < -0.39 is 5.97 Å².